The minimum Gasteiger partial charge on any atom is -0.322 e. The Morgan fingerprint density at radius 2 is 1.08 bits per heavy atom. The molecule has 126 valence electrons. The molecule has 1 saturated heterocycles. The van der Waals surface area contributed by atoms with Crippen LogP contribution in [0.25, 0.3) is 0 Å². The summed E-state index contributed by atoms with van der Waals surface area (Å²) in [5, 5.41) is 34.9. The summed E-state index contributed by atoms with van der Waals surface area (Å²) in [4.78, 5) is 19.1. The second kappa shape index (κ2) is 10.8. The van der Waals surface area contributed by atoms with Gasteiger partial charge >= 0.3 is 6.03 Å². The number of rotatable bonds is 10. The fraction of sp³-hybridized carbons (Fsp3) is 0.667. The molecule has 0 aromatic rings. The highest BCUT2D eigenvalue weighted by atomic mass is 16.2. The van der Waals surface area contributed by atoms with Crippen LogP contribution in [0.3, 0.4) is 0 Å². The van der Waals surface area contributed by atoms with Crippen LogP contribution < -0.4 is 0 Å². The van der Waals surface area contributed by atoms with Crippen molar-refractivity contribution in [3.8, 4) is 24.3 Å². The quantitative estimate of drug-likeness (QED) is 0.491. The lowest BCUT2D eigenvalue weighted by Gasteiger charge is -2.23. The van der Waals surface area contributed by atoms with Crippen LogP contribution in [0.2, 0.25) is 0 Å². The van der Waals surface area contributed by atoms with Gasteiger partial charge < -0.3 is 9.80 Å². The summed E-state index contributed by atoms with van der Waals surface area (Å²) in [6.45, 7) is 3.76. The molecule has 0 unspecified atom stereocenters. The van der Waals surface area contributed by atoms with E-state index in [9.17, 15) is 4.79 Å². The van der Waals surface area contributed by atoms with Crippen LogP contribution in [0.1, 0.15) is 0 Å². The van der Waals surface area contributed by atoms with Gasteiger partial charge in [0.05, 0.1) is 50.5 Å². The summed E-state index contributed by atoms with van der Waals surface area (Å²) in [5.41, 5.74) is 0. The maximum atomic E-state index is 12.3. The van der Waals surface area contributed by atoms with E-state index < -0.39 is 0 Å². The van der Waals surface area contributed by atoms with E-state index in [0.29, 0.717) is 39.3 Å². The van der Waals surface area contributed by atoms with Gasteiger partial charge in [-0.3, -0.25) is 9.80 Å². The lowest BCUT2D eigenvalue weighted by atomic mass is 10.4. The van der Waals surface area contributed by atoms with Crippen LogP contribution in [0, 0.1) is 45.3 Å². The predicted molar refractivity (Wildman–Crippen MR) is 83.9 cm³/mol. The van der Waals surface area contributed by atoms with Crippen molar-refractivity contribution in [3.05, 3.63) is 0 Å². The fourth-order valence-corrected chi connectivity index (χ4v) is 2.40. The summed E-state index contributed by atoms with van der Waals surface area (Å²) in [5.74, 6) is 0. The third-order valence-electron chi connectivity index (χ3n) is 3.73. The topological polar surface area (TPSA) is 125 Å². The Morgan fingerprint density at radius 3 is 1.38 bits per heavy atom. The van der Waals surface area contributed by atoms with Crippen molar-refractivity contribution in [1.29, 1.82) is 21.0 Å². The SMILES string of the molecule is N#CCN(CC#N)CCN1CCN(CCN(CC#N)CC#N)C1=O. The number of nitrogens with zero attached hydrogens (tertiary/aromatic N) is 8. The molecular formula is C15H20N8O. The number of nitriles is 4. The van der Waals surface area contributed by atoms with Crippen LogP contribution in [0.15, 0.2) is 0 Å². The van der Waals surface area contributed by atoms with E-state index >= 15 is 0 Å². The summed E-state index contributed by atoms with van der Waals surface area (Å²) >= 11 is 0. The Labute approximate surface area is 142 Å². The lowest BCUT2D eigenvalue weighted by molar-refractivity contribution is 0.181. The number of carbonyl (C=O) groups excluding carboxylic acids is 1. The minimum atomic E-state index is -0.0854. The standard InChI is InChI=1S/C15H20N8O/c16-1-5-20(6-2-17)9-11-22-13-14-23(15(22)24)12-10-21(7-3-18)8-4-19/h5-14H2. The molecule has 24 heavy (non-hydrogen) atoms. The van der Waals surface area contributed by atoms with Crippen LogP contribution in [0.5, 0.6) is 0 Å². The summed E-state index contributed by atoms with van der Waals surface area (Å²) in [6.07, 6.45) is 0. The molecule has 0 radical (unpaired) electrons. The molecule has 0 aliphatic carbocycles. The summed E-state index contributed by atoms with van der Waals surface area (Å²) in [6, 6.07) is 7.94. The monoisotopic (exact) mass is 328 g/mol. The summed E-state index contributed by atoms with van der Waals surface area (Å²) < 4.78 is 0. The molecule has 9 heteroatoms. The Kier molecular flexibility index (Phi) is 8.64. The molecule has 9 nitrogen and oxygen atoms in total. The molecule has 1 heterocycles. The van der Waals surface area contributed by atoms with Crippen molar-refractivity contribution in [2.24, 2.45) is 0 Å². The molecule has 1 aliphatic rings. The van der Waals surface area contributed by atoms with Crippen molar-refractivity contribution in [1.82, 2.24) is 19.6 Å². The minimum absolute atomic E-state index is 0.0854. The summed E-state index contributed by atoms with van der Waals surface area (Å²) in [7, 11) is 0. The molecule has 1 aliphatic heterocycles. The van der Waals surface area contributed by atoms with Crippen molar-refractivity contribution in [3.63, 3.8) is 0 Å². The third kappa shape index (κ3) is 6.10. The van der Waals surface area contributed by atoms with E-state index in [1.807, 2.05) is 24.3 Å². The molecular weight excluding hydrogens is 308 g/mol. The number of carbonyl (C=O) groups is 1. The molecule has 0 atom stereocenters. The Balaban J connectivity index is 2.42. The van der Waals surface area contributed by atoms with E-state index in [4.69, 9.17) is 21.0 Å². The van der Waals surface area contributed by atoms with Gasteiger partial charge in [-0.25, -0.2) is 4.79 Å². The van der Waals surface area contributed by atoms with Crippen LogP contribution in [0.4, 0.5) is 4.79 Å². The first-order valence-corrected chi connectivity index (χ1v) is 7.62. The van der Waals surface area contributed by atoms with Gasteiger partial charge in [0.1, 0.15) is 0 Å². The highest BCUT2D eigenvalue weighted by Crippen LogP contribution is 2.08. The first-order valence-electron chi connectivity index (χ1n) is 7.62. The predicted octanol–water partition coefficient (Wildman–Crippen LogP) is -0.578. The Bertz CT molecular complexity index is 496. The molecule has 1 rings (SSSR count). The Hall–Kier alpha value is -2.85. The van der Waals surface area contributed by atoms with E-state index in [0.717, 1.165) is 0 Å². The lowest BCUT2D eigenvalue weighted by Crippen LogP contribution is -2.40. The van der Waals surface area contributed by atoms with Gasteiger partial charge in [0, 0.05) is 39.3 Å². The fourth-order valence-electron chi connectivity index (χ4n) is 2.40. The molecule has 2 amide bonds. The van der Waals surface area contributed by atoms with E-state index in [-0.39, 0.29) is 32.2 Å². The van der Waals surface area contributed by atoms with Crippen molar-refractivity contribution in [2.75, 3.05) is 65.4 Å². The van der Waals surface area contributed by atoms with Crippen LogP contribution >= 0.6 is 0 Å². The molecule has 0 bridgehead atoms. The molecule has 0 aromatic heterocycles. The number of amides is 2. The Morgan fingerprint density at radius 1 is 0.750 bits per heavy atom. The van der Waals surface area contributed by atoms with Gasteiger partial charge in [-0.15, -0.1) is 0 Å². The highest BCUT2D eigenvalue weighted by molar-refractivity contribution is 5.76. The normalized spacial score (nSPS) is 13.7. The zero-order valence-electron chi connectivity index (χ0n) is 13.6. The molecule has 0 saturated carbocycles. The number of hydrogen-bond acceptors (Lipinski definition) is 7. The van der Waals surface area contributed by atoms with Gasteiger partial charge in [0.2, 0.25) is 0 Å². The van der Waals surface area contributed by atoms with E-state index in [1.165, 1.54) is 0 Å². The zero-order valence-corrected chi connectivity index (χ0v) is 13.6. The van der Waals surface area contributed by atoms with Crippen LogP contribution in [-0.4, -0.2) is 91.1 Å². The first-order chi connectivity index (χ1) is 11.7. The first kappa shape index (κ1) is 19.2. The van der Waals surface area contributed by atoms with E-state index in [1.54, 1.807) is 19.6 Å². The second-order valence-corrected chi connectivity index (χ2v) is 5.31. The molecule has 1 fully saturated rings. The second-order valence-electron chi connectivity index (χ2n) is 5.31. The maximum absolute atomic E-state index is 12.3. The molecule has 0 spiro atoms. The smallest absolute Gasteiger partial charge is 0.320 e. The number of hydrogen-bond donors (Lipinski definition) is 0. The van der Waals surface area contributed by atoms with Crippen molar-refractivity contribution < 1.29 is 4.79 Å². The van der Waals surface area contributed by atoms with Gasteiger partial charge in [0.15, 0.2) is 0 Å². The average Bonchev–Trinajstić information content (AvgIpc) is 2.91. The van der Waals surface area contributed by atoms with Crippen molar-refractivity contribution in [2.45, 2.75) is 0 Å². The van der Waals surface area contributed by atoms with Gasteiger partial charge in [-0.1, -0.05) is 0 Å². The highest BCUT2D eigenvalue weighted by Gasteiger charge is 2.28. The average molecular weight is 328 g/mol. The van der Waals surface area contributed by atoms with Gasteiger partial charge in [-0.05, 0) is 0 Å². The molecule has 0 aromatic carbocycles. The maximum Gasteiger partial charge on any atom is 0.320 e. The number of urea groups is 1. The van der Waals surface area contributed by atoms with E-state index in [2.05, 4.69) is 0 Å². The van der Waals surface area contributed by atoms with Gasteiger partial charge in [-0.2, -0.15) is 21.0 Å². The van der Waals surface area contributed by atoms with Crippen molar-refractivity contribution >= 4 is 6.03 Å². The molecule has 0 N–H and O–H groups in total. The third-order valence-corrected chi connectivity index (χ3v) is 3.73. The largest absolute Gasteiger partial charge is 0.322 e. The van der Waals surface area contributed by atoms with Crippen LogP contribution in [-0.2, 0) is 0 Å². The zero-order chi connectivity index (χ0) is 17.8. The van der Waals surface area contributed by atoms with Gasteiger partial charge in [0.25, 0.3) is 0 Å².